The molecule has 0 aliphatic carbocycles. The van der Waals surface area contributed by atoms with Gasteiger partial charge in [0.2, 0.25) is 0 Å². The zero-order chi connectivity index (χ0) is 23.9. The number of nitrogens with one attached hydrogen (secondary N) is 2. The first-order valence-corrected chi connectivity index (χ1v) is 11.8. The summed E-state index contributed by atoms with van der Waals surface area (Å²) in [6.07, 6.45) is 3.65. The third-order valence-corrected chi connectivity index (χ3v) is 6.73. The predicted octanol–water partition coefficient (Wildman–Crippen LogP) is 4.89. The van der Waals surface area contributed by atoms with E-state index in [2.05, 4.69) is 49.8 Å². The fourth-order valence-corrected chi connectivity index (χ4v) is 3.88. The van der Waals surface area contributed by atoms with E-state index in [1.165, 1.54) is 11.9 Å². The summed E-state index contributed by atoms with van der Waals surface area (Å²) >= 11 is 1.23. The Morgan fingerprint density at radius 2 is 1.78 bits per heavy atom. The fraction of sp³-hybridized carbons (Fsp3) is 0.565. The largest absolute Gasteiger partial charge is 0.494 e. The summed E-state index contributed by atoms with van der Waals surface area (Å²) in [5, 5.41) is 7.31. The van der Waals surface area contributed by atoms with E-state index >= 15 is 0 Å². The molecule has 1 aliphatic heterocycles. The third-order valence-electron chi connectivity index (χ3n) is 5.99. The van der Waals surface area contributed by atoms with Gasteiger partial charge in [0.05, 0.1) is 22.3 Å². The van der Waals surface area contributed by atoms with Crippen LogP contribution in [0.25, 0.3) is 0 Å². The van der Waals surface area contributed by atoms with E-state index in [-0.39, 0.29) is 17.5 Å². The van der Waals surface area contributed by atoms with Crippen LogP contribution in [0.2, 0.25) is 0 Å². The summed E-state index contributed by atoms with van der Waals surface area (Å²) in [6.45, 7) is 18.6. The molecule has 0 bridgehead atoms. The quantitative estimate of drug-likeness (QED) is 0.493. The summed E-state index contributed by atoms with van der Waals surface area (Å²) in [5.74, 6) is 0. The van der Waals surface area contributed by atoms with Crippen LogP contribution in [-0.4, -0.2) is 34.1 Å². The van der Waals surface area contributed by atoms with Gasteiger partial charge in [0.25, 0.3) is 0 Å². The molecule has 2 heterocycles. The van der Waals surface area contributed by atoms with Gasteiger partial charge in [-0.2, -0.15) is 5.10 Å². The second-order valence-corrected chi connectivity index (χ2v) is 11.4. The third kappa shape index (κ3) is 5.32. The Morgan fingerprint density at radius 1 is 1.16 bits per heavy atom. The maximum Gasteiger partial charge on any atom is 0.494 e. The number of carbonyl (C=O) groups is 1. The standard InChI is InChI=1S/C23H35BN4O3S/c1-15(2)28-14-17(13-25-28)32-27-20(29)26-19-12-16(10-11-18(19)21(3,4)5)24-30-22(6,7)23(8,9)31-24/h10-15H,1-9H3,(H2,26,27,29). The Labute approximate surface area is 196 Å². The highest BCUT2D eigenvalue weighted by molar-refractivity contribution is 7.98. The molecular formula is C23H35BN4O3S. The van der Waals surface area contributed by atoms with Crippen LogP contribution in [0, 0.1) is 0 Å². The summed E-state index contributed by atoms with van der Waals surface area (Å²) in [7, 11) is -0.492. The van der Waals surface area contributed by atoms with Crippen molar-refractivity contribution < 1.29 is 14.1 Å². The highest BCUT2D eigenvalue weighted by Gasteiger charge is 2.51. The summed E-state index contributed by atoms with van der Waals surface area (Å²) in [4.78, 5) is 13.6. The van der Waals surface area contributed by atoms with Gasteiger partial charge in [-0.3, -0.25) is 9.40 Å². The van der Waals surface area contributed by atoms with E-state index in [0.29, 0.717) is 0 Å². The van der Waals surface area contributed by atoms with Crippen molar-refractivity contribution in [2.24, 2.45) is 0 Å². The molecule has 7 nitrogen and oxygen atoms in total. The molecule has 174 valence electrons. The van der Waals surface area contributed by atoms with Crippen LogP contribution in [0.15, 0.2) is 35.5 Å². The molecule has 0 unspecified atom stereocenters. The molecule has 0 radical (unpaired) electrons. The van der Waals surface area contributed by atoms with Gasteiger partial charge < -0.3 is 14.6 Å². The van der Waals surface area contributed by atoms with Gasteiger partial charge in [-0.15, -0.1) is 0 Å². The first-order valence-electron chi connectivity index (χ1n) is 11.0. The number of hydrogen-bond acceptors (Lipinski definition) is 5. The number of hydrogen-bond donors (Lipinski definition) is 2. The normalized spacial score (nSPS) is 17.6. The predicted molar refractivity (Wildman–Crippen MR) is 131 cm³/mol. The molecule has 0 atom stereocenters. The second kappa shape index (κ2) is 8.76. The van der Waals surface area contributed by atoms with E-state index in [9.17, 15) is 4.79 Å². The maximum atomic E-state index is 12.7. The Hall–Kier alpha value is -1.97. The SMILES string of the molecule is CC(C)n1cc(SNC(=O)Nc2cc(B3OC(C)(C)C(C)(C)O3)ccc2C(C)(C)C)cn1. The van der Waals surface area contributed by atoms with Gasteiger partial charge in [0, 0.05) is 17.9 Å². The molecule has 1 aromatic carbocycles. The highest BCUT2D eigenvalue weighted by atomic mass is 32.2. The van der Waals surface area contributed by atoms with Gasteiger partial charge in [-0.1, -0.05) is 32.9 Å². The van der Waals surface area contributed by atoms with E-state index in [0.717, 1.165) is 21.6 Å². The van der Waals surface area contributed by atoms with Crippen molar-refractivity contribution in [3.05, 3.63) is 36.2 Å². The Kier molecular flexibility index (Phi) is 6.76. The van der Waals surface area contributed by atoms with E-state index < -0.39 is 18.3 Å². The number of aromatic nitrogens is 2. The number of anilines is 1. The molecule has 3 rings (SSSR count). The number of rotatable bonds is 5. The number of carbonyl (C=O) groups excluding carboxylic acids is 1. The smallest absolute Gasteiger partial charge is 0.399 e. The maximum absolute atomic E-state index is 12.7. The number of benzene rings is 1. The van der Waals surface area contributed by atoms with Gasteiger partial charge in [-0.05, 0) is 76.0 Å². The monoisotopic (exact) mass is 458 g/mol. The molecule has 2 N–H and O–H groups in total. The number of nitrogens with zero attached hydrogens (tertiary/aromatic N) is 2. The van der Waals surface area contributed by atoms with Crippen molar-refractivity contribution in [1.82, 2.24) is 14.5 Å². The molecule has 9 heteroatoms. The average Bonchev–Trinajstić information content (AvgIpc) is 3.21. The Balaban J connectivity index is 1.77. The summed E-state index contributed by atoms with van der Waals surface area (Å²) < 4.78 is 17.1. The summed E-state index contributed by atoms with van der Waals surface area (Å²) in [6, 6.07) is 5.97. The van der Waals surface area contributed by atoms with Crippen molar-refractivity contribution in [3.63, 3.8) is 0 Å². The summed E-state index contributed by atoms with van der Waals surface area (Å²) in [5.41, 5.74) is 1.64. The molecule has 1 aliphatic rings. The lowest BCUT2D eigenvalue weighted by Gasteiger charge is -2.32. The van der Waals surface area contributed by atoms with Crippen molar-refractivity contribution in [3.8, 4) is 0 Å². The van der Waals surface area contributed by atoms with E-state index in [4.69, 9.17) is 9.31 Å². The minimum Gasteiger partial charge on any atom is -0.399 e. The molecule has 1 fully saturated rings. The van der Waals surface area contributed by atoms with Gasteiger partial charge in [0.1, 0.15) is 0 Å². The van der Waals surface area contributed by atoms with Crippen LogP contribution in [-0.2, 0) is 14.7 Å². The van der Waals surface area contributed by atoms with Gasteiger partial charge in [-0.25, -0.2) is 4.79 Å². The number of amides is 2. The molecule has 0 saturated carbocycles. The van der Waals surface area contributed by atoms with Crippen molar-refractivity contribution in [2.45, 2.75) is 89.9 Å². The molecule has 2 amide bonds. The molecule has 32 heavy (non-hydrogen) atoms. The Bertz CT molecular complexity index is 966. The van der Waals surface area contributed by atoms with Crippen molar-refractivity contribution in [1.29, 1.82) is 0 Å². The van der Waals surface area contributed by atoms with Crippen LogP contribution in [0.4, 0.5) is 10.5 Å². The zero-order valence-corrected chi connectivity index (χ0v) is 21.4. The lowest BCUT2D eigenvalue weighted by atomic mass is 9.76. The molecule has 1 aromatic heterocycles. The zero-order valence-electron chi connectivity index (χ0n) is 20.6. The second-order valence-electron chi connectivity index (χ2n) is 10.6. The van der Waals surface area contributed by atoms with Crippen molar-refractivity contribution >= 4 is 36.2 Å². The minimum atomic E-state index is -0.492. The highest BCUT2D eigenvalue weighted by Crippen LogP contribution is 2.37. The Morgan fingerprint density at radius 3 is 2.31 bits per heavy atom. The van der Waals surface area contributed by atoms with Gasteiger partial charge >= 0.3 is 13.1 Å². The van der Waals surface area contributed by atoms with E-state index in [1.54, 1.807) is 6.20 Å². The van der Waals surface area contributed by atoms with Crippen LogP contribution >= 0.6 is 11.9 Å². The topological polar surface area (TPSA) is 77.4 Å². The minimum absolute atomic E-state index is 0.150. The number of urea groups is 1. The molecular weight excluding hydrogens is 423 g/mol. The van der Waals surface area contributed by atoms with Crippen LogP contribution in [0.1, 0.15) is 73.9 Å². The molecule has 1 saturated heterocycles. The van der Waals surface area contributed by atoms with Crippen LogP contribution in [0.5, 0.6) is 0 Å². The lowest BCUT2D eigenvalue weighted by Crippen LogP contribution is -2.41. The van der Waals surface area contributed by atoms with Crippen LogP contribution < -0.4 is 15.5 Å². The fourth-order valence-electron chi connectivity index (χ4n) is 3.35. The lowest BCUT2D eigenvalue weighted by molar-refractivity contribution is 0.00578. The molecule has 0 spiro atoms. The first-order chi connectivity index (χ1) is 14.7. The van der Waals surface area contributed by atoms with E-state index in [1.807, 2.05) is 56.8 Å². The average molecular weight is 458 g/mol. The molecule has 2 aromatic rings. The van der Waals surface area contributed by atoms with Gasteiger partial charge in [0.15, 0.2) is 0 Å². The first kappa shape index (κ1) is 24.7. The van der Waals surface area contributed by atoms with Crippen LogP contribution in [0.3, 0.4) is 0 Å². The van der Waals surface area contributed by atoms with Crippen molar-refractivity contribution in [2.75, 3.05) is 5.32 Å².